The van der Waals surface area contributed by atoms with Crippen LogP contribution in [-0.2, 0) is 16.0 Å². The third kappa shape index (κ3) is 6.54. The molecular weight excluding hydrogens is 374 g/mol. The Morgan fingerprint density at radius 2 is 1.90 bits per heavy atom. The van der Waals surface area contributed by atoms with Gasteiger partial charge < -0.3 is 25.7 Å². The van der Waals surface area contributed by atoms with Gasteiger partial charge >= 0.3 is 0 Å². The van der Waals surface area contributed by atoms with Gasteiger partial charge in [-0.2, -0.15) is 0 Å². The number of hydrogen-bond acceptors (Lipinski definition) is 5. The number of likely N-dealkylation sites (tertiary alicyclic amines) is 1. The summed E-state index contributed by atoms with van der Waals surface area (Å²) in [6, 6.07) is 5.63. The van der Waals surface area contributed by atoms with E-state index >= 15 is 0 Å². The van der Waals surface area contributed by atoms with Crippen molar-refractivity contribution in [2.24, 2.45) is 0 Å². The summed E-state index contributed by atoms with van der Waals surface area (Å²) in [5, 5.41) is 24.3. The third-order valence-corrected chi connectivity index (χ3v) is 5.07. The van der Waals surface area contributed by atoms with E-state index in [1.165, 1.54) is 4.90 Å². The van der Waals surface area contributed by atoms with Gasteiger partial charge in [0.2, 0.25) is 11.8 Å². The highest BCUT2D eigenvalue weighted by Crippen LogP contribution is 2.20. The van der Waals surface area contributed by atoms with Crippen molar-refractivity contribution in [1.29, 1.82) is 0 Å². The summed E-state index contributed by atoms with van der Waals surface area (Å²) in [6.07, 6.45) is 1.66. The molecule has 29 heavy (non-hydrogen) atoms. The van der Waals surface area contributed by atoms with Crippen LogP contribution in [0.4, 0.5) is 0 Å². The van der Waals surface area contributed by atoms with E-state index in [-0.39, 0.29) is 17.7 Å². The first-order valence-electron chi connectivity index (χ1n) is 10.2. The van der Waals surface area contributed by atoms with Gasteiger partial charge in [0.05, 0.1) is 6.04 Å². The molecule has 3 amide bonds. The van der Waals surface area contributed by atoms with E-state index in [0.29, 0.717) is 44.3 Å². The average molecular weight is 405 g/mol. The zero-order chi connectivity index (χ0) is 21.4. The summed E-state index contributed by atoms with van der Waals surface area (Å²) in [5.41, 5.74) is 1.43. The van der Waals surface area contributed by atoms with Crippen LogP contribution in [0.15, 0.2) is 24.3 Å². The predicted molar refractivity (Wildman–Crippen MR) is 108 cm³/mol. The highest BCUT2D eigenvalue weighted by Gasteiger charge is 2.35. The minimum Gasteiger partial charge on any atom is -0.366 e. The molecule has 8 heteroatoms. The summed E-state index contributed by atoms with van der Waals surface area (Å²) in [4.78, 5) is 37.9. The molecule has 0 spiro atoms. The van der Waals surface area contributed by atoms with Gasteiger partial charge in [-0.25, -0.2) is 0 Å². The number of hydrogen-bond donors (Lipinski definition) is 4. The molecule has 160 valence electrons. The Kier molecular flexibility index (Phi) is 8.60. The molecule has 1 heterocycles. The molecule has 0 aliphatic carbocycles. The zero-order valence-electron chi connectivity index (χ0n) is 17.1. The monoisotopic (exact) mass is 405 g/mol. The quantitative estimate of drug-likeness (QED) is 0.448. The topological polar surface area (TPSA) is 119 Å². The van der Waals surface area contributed by atoms with Gasteiger partial charge in [-0.3, -0.25) is 14.4 Å². The van der Waals surface area contributed by atoms with Crippen LogP contribution in [0.2, 0.25) is 0 Å². The lowest BCUT2D eigenvalue weighted by Gasteiger charge is -2.28. The van der Waals surface area contributed by atoms with Crippen molar-refractivity contribution in [3.05, 3.63) is 35.4 Å². The fraction of sp³-hybridized carbons (Fsp3) is 0.571. The Hall–Kier alpha value is -2.45. The summed E-state index contributed by atoms with van der Waals surface area (Å²) in [7, 11) is 0. The molecule has 2 atom stereocenters. The van der Waals surface area contributed by atoms with E-state index in [4.69, 9.17) is 0 Å². The standard InChI is InChI=1S/C21H31N3O5/c1-3-5-18(25)22-12-11-15-7-9-16(10-8-15)19(26)23-14(2)20(27)24-13-4-6-17(24)21(28)29/h7-10,14,17,21,28-29H,3-6,11-13H2,1-2H3,(H,22,25)(H,23,26)/t14-,17+/m1/s1. The fourth-order valence-electron chi connectivity index (χ4n) is 3.45. The van der Waals surface area contributed by atoms with Crippen molar-refractivity contribution in [1.82, 2.24) is 15.5 Å². The summed E-state index contributed by atoms with van der Waals surface area (Å²) in [5.74, 6) is -0.654. The predicted octanol–water partition coefficient (Wildman–Crippen LogP) is 0.565. The molecule has 1 fully saturated rings. The van der Waals surface area contributed by atoms with Gasteiger partial charge in [0.25, 0.3) is 5.91 Å². The Bertz CT molecular complexity index is 705. The number of carbonyl (C=O) groups is 3. The number of benzene rings is 1. The lowest BCUT2D eigenvalue weighted by Crippen LogP contribution is -2.51. The second kappa shape index (κ2) is 10.9. The van der Waals surface area contributed by atoms with Gasteiger partial charge in [-0.15, -0.1) is 0 Å². The summed E-state index contributed by atoms with van der Waals surface area (Å²) in [6.45, 7) is 4.54. The van der Waals surface area contributed by atoms with Gasteiger partial charge in [-0.05, 0) is 50.3 Å². The van der Waals surface area contributed by atoms with Crippen molar-refractivity contribution in [3.63, 3.8) is 0 Å². The van der Waals surface area contributed by atoms with Crippen molar-refractivity contribution in [2.45, 2.75) is 64.3 Å². The van der Waals surface area contributed by atoms with Crippen LogP contribution in [0, 0.1) is 0 Å². The molecule has 0 unspecified atom stereocenters. The molecular formula is C21H31N3O5. The lowest BCUT2D eigenvalue weighted by atomic mass is 10.1. The van der Waals surface area contributed by atoms with E-state index in [9.17, 15) is 24.6 Å². The minimum atomic E-state index is -1.58. The maximum atomic E-state index is 12.6. The maximum Gasteiger partial charge on any atom is 0.251 e. The number of nitrogens with one attached hydrogen (secondary N) is 2. The second-order valence-corrected chi connectivity index (χ2v) is 7.40. The van der Waals surface area contributed by atoms with Gasteiger partial charge in [0, 0.05) is 25.1 Å². The molecule has 1 saturated heterocycles. The van der Waals surface area contributed by atoms with Crippen molar-refractivity contribution in [3.8, 4) is 0 Å². The van der Waals surface area contributed by atoms with E-state index in [0.717, 1.165) is 12.0 Å². The van der Waals surface area contributed by atoms with E-state index in [1.54, 1.807) is 19.1 Å². The van der Waals surface area contributed by atoms with Crippen LogP contribution in [0.3, 0.4) is 0 Å². The largest absolute Gasteiger partial charge is 0.366 e. The van der Waals surface area contributed by atoms with Gasteiger partial charge in [0.1, 0.15) is 6.04 Å². The molecule has 0 aromatic heterocycles. The SMILES string of the molecule is CCCC(=O)NCCc1ccc(C(=O)N[C@H](C)C(=O)N2CCC[C@H]2C(O)O)cc1. The number of carbonyl (C=O) groups excluding carboxylic acids is 3. The highest BCUT2D eigenvalue weighted by atomic mass is 16.5. The number of rotatable bonds is 9. The molecule has 1 aliphatic heterocycles. The first kappa shape index (κ1) is 22.8. The molecule has 8 nitrogen and oxygen atoms in total. The Balaban J connectivity index is 1.85. The van der Waals surface area contributed by atoms with Crippen LogP contribution >= 0.6 is 0 Å². The highest BCUT2D eigenvalue weighted by molar-refractivity contribution is 5.97. The number of amides is 3. The van der Waals surface area contributed by atoms with Crippen LogP contribution in [0.1, 0.15) is 55.5 Å². The molecule has 1 aliphatic rings. The van der Waals surface area contributed by atoms with Crippen molar-refractivity contribution < 1.29 is 24.6 Å². The number of aliphatic hydroxyl groups excluding tert-OH is 1. The first-order valence-corrected chi connectivity index (χ1v) is 10.2. The molecule has 0 bridgehead atoms. The molecule has 2 rings (SSSR count). The third-order valence-electron chi connectivity index (χ3n) is 5.07. The Morgan fingerprint density at radius 3 is 2.52 bits per heavy atom. The fourth-order valence-corrected chi connectivity index (χ4v) is 3.45. The maximum absolute atomic E-state index is 12.6. The summed E-state index contributed by atoms with van der Waals surface area (Å²) >= 11 is 0. The van der Waals surface area contributed by atoms with Gasteiger partial charge in [0.15, 0.2) is 6.29 Å². The smallest absolute Gasteiger partial charge is 0.251 e. The van der Waals surface area contributed by atoms with Crippen LogP contribution in [0.25, 0.3) is 0 Å². The number of aliphatic hydroxyl groups is 2. The van der Waals surface area contributed by atoms with Crippen LogP contribution in [0.5, 0.6) is 0 Å². The van der Waals surface area contributed by atoms with Crippen molar-refractivity contribution >= 4 is 17.7 Å². The van der Waals surface area contributed by atoms with Gasteiger partial charge in [-0.1, -0.05) is 19.1 Å². The Morgan fingerprint density at radius 1 is 1.21 bits per heavy atom. The lowest BCUT2D eigenvalue weighted by molar-refractivity contribution is -0.144. The molecule has 4 N–H and O–H groups in total. The second-order valence-electron chi connectivity index (χ2n) is 7.40. The van der Waals surface area contributed by atoms with Crippen LogP contribution < -0.4 is 10.6 Å². The number of nitrogens with zero attached hydrogens (tertiary/aromatic N) is 1. The molecule has 1 aromatic carbocycles. The van der Waals surface area contributed by atoms with E-state index in [2.05, 4.69) is 10.6 Å². The molecule has 0 radical (unpaired) electrons. The first-order chi connectivity index (χ1) is 13.8. The van der Waals surface area contributed by atoms with Crippen LogP contribution in [-0.4, -0.2) is 64.3 Å². The van der Waals surface area contributed by atoms with Crippen molar-refractivity contribution in [2.75, 3.05) is 13.1 Å². The molecule has 1 aromatic rings. The molecule has 0 saturated carbocycles. The average Bonchev–Trinajstić information content (AvgIpc) is 3.18. The normalized spacial score (nSPS) is 17.3. The Labute approximate surface area is 171 Å². The minimum absolute atomic E-state index is 0.0381. The zero-order valence-corrected chi connectivity index (χ0v) is 17.1. The van der Waals surface area contributed by atoms with E-state index < -0.39 is 18.4 Å². The van der Waals surface area contributed by atoms with E-state index in [1.807, 2.05) is 19.1 Å². The summed E-state index contributed by atoms with van der Waals surface area (Å²) < 4.78 is 0.